The molecule has 0 bridgehead atoms. The van der Waals surface area contributed by atoms with Gasteiger partial charge >= 0.3 is 0 Å². The van der Waals surface area contributed by atoms with Gasteiger partial charge in [-0.25, -0.2) is 4.98 Å². The molecule has 0 aliphatic heterocycles. The lowest BCUT2D eigenvalue weighted by Crippen LogP contribution is -2.34. The summed E-state index contributed by atoms with van der Waals surface area (Å²) < 4.78 is 1.70. The van der Waals surface area contributed by atoms with E-state index in [0.717, 1.165) is 15.4 Å². The van der Waals surface area contributed by atoms with E-state index >= 15 is 0 Å². The number of nitrogens with zero attached hydrogens (tertiary/aromatic N) is 4. The number of thiazole rings is 1. The Morgan fingerprint density at radius 2 is 2.09 bits per heavy atom. The van der Waals surface area contributed by atoms with Gasteiger partial charge in [-0.1, -0.05) is 30.3 Å². The van der Waals surface area contributed by atoms with Crippen LogP contribution in [-0.4, -0.2) is 32.6 Å². The first-order valence-electron chi connectivity index (χ1n) is 7.35. The van der Waals surface area contributed by atoms with E-state index in [0.29, 0.717) is 6.54 Å². The van der Waals surface area contributed by atoms with E-state index in [4.69, 9.17) is 0 Å². The molecule has 0 N–H and O–H groups in total. The van der Waals surface area contributed by atoms with Crippen LogP contribution in [-0.2, 0) is 11.3 Å². The highest BCUT2D eigenvalue weighted by molar-refractivity contribution is 7.11. The van der Waals surface area contributed by atoms with Crippen molar-refractivity contribution in [2.75, 3.05) is 7.05 Å². The van der Waals surface area contributed by atoms with Crippen LogP contribution < -0.4 is 0 Å². The highest BCUT2D eigenvalue weighted by Gasteiger charge is 2.26. The van der Waals surface area contributed by atoms with Crippen LogP contribution >= 0.6 is 11.3 Å². The lowest BCUT2D eigenvalue weighted by Gasteiger charge is -2.24. The Morgan fingerprint density at radius 3 is 2.70 bits per heavy atom. The quantitative estimate of drug-likeness (QED) is 0.724. The molecule has 0 unspecified atom stereocenters. The van der Waals surface area contributed by atoms with Crippen molar-refractivity contribution in [3.05, 3.63) is 70.4 Å². The van der Waals surface area contributed by atoms with Crippen molar-refractivity contribution < 1.29 is 4.79 Å². The van der Waals surface area contributed by atoms with Crippen LogP contribution in [0.4, 0.5) is 0 Å². The van der Waals surface area contributed by atoms with Gasteiger partial charge < -0.3 is 4.90 Å². The lowest BCUT2D eigenvalue weighted by molar-refractivity contribution is -0.133. The van der Waals surface area contributed by atoms with Gasteiger partial charge in [0, 0.05) is 30.5 Å². The number of aryl methyl sites for hydroxylation is 1. The van der Waals surface area contributed by atoms with Gasteiger partial charge in [0.2, 0.25) is 0 Å². The van der Waals surface area contributed by atoms with Gasteiger partial charge in [0.05, 0.1) is 11.6 Å². The van der Waals surface area contributed by atoms with E-state index in [1.54, 1.807) is 27.1 Å². The molecule has 6 heteroatoms. The zero-order chi connectivity index (χ0) is 16.2. The molecule has 0 saturated carbocycles. The number of likely N-dealkylation sites (N-methyl/N-ethyl adjacent to an activating group) is 1. The second-order valence-corrected chi connectivity index (χ2v) is 6.66. The van der Waals surface area contributed by atoms with Crippen LogP contribution in [0.25, 0.3) is 0 Å². The molecule has 3 aromatic rings. The SMILES string of the molecule is Cc1ncc(CN(C)C(=O)[C@@H](c2ccccc2)n2cccn2)s1. The fourth-order valence-corrected chi connectivity index (χ4v) is 3.32. The molecule has 118 valence electrons. The zero-order valence-corrected chi connectivity index (χ0v) is 13.9. The monoisotopic (exact) mass is 326 g/mol. The molecule has 3 rings (SSSR count). The molecule has 0 spiro atoms. The second-order valence-electron chi connectivity index (χ2n) is 5.34. The Hall–Kier alpha value is -2.47. The maximum atomic E-state index is 13.0. The van der Waals surface area contributed by atoms with E-state index in [9.17, 15) is 4.79 Å². The van der Waals surface area contributed by atoms with Crippen LogP contribution in [0.5, 0.6) is 0 Å². The molecule has 1 aromatic carbocycles. The number of rotatable bonds is 5. The van der Waals surface area contributed by atoms with Crippen LogP contribution in [0.2, 0.25) is 0 Å². The minimum atomic E-state index is -0.454. The van der Waals surface area contributed by atoms with Crippen molar-refractivity contribution in [1.82, 2.24) is 19.7 Å². The summed E-state index contributed by atoms with van der Waals surface area (Å²) in [7, 11) is 1.82. The number of hydrogen-bond donors (Lipinski definition) is 0. The van der Waals surface area contributed by atoms with Gasteiger partial charge in [-0.3, -0.25) is 9.48 Å². The largest absolute Gasteiger partial charge is 0.338 e. The second kappa shape index (κ2) is 6.75. The maximum Gasteiger partial charge on any atom is 0.252 e. The molecular weight excluding hydrogens is 308 g/mol. The topological polar surface area (TPSA) is 51.0 Å². The third-order valence-electron chi connectivity index (χ3n) is 3.58. The Kier molecular flexibility index (Phi) is 4.52. The smallest absolute Gasteiger partial charge is 0.252 e. The summed E-state index contributed by atoms with van der Waals surface area (Å²) in [5.41, 5.74) is 0.925. The number of aromatic nitrogens is 3. The van der Waals surface area contributed by atoms with E-state index in [2.05, 4.69) is 10.1 Å². The Bertz CT molecular complexity index is 767. The number of carbonyl (C=O) groups excluding carboxylic acids is 1. The van der Waals surface area contributed by atoms with Gasteiger partial charge in [-0.2, -0.15) is 5.10 Å². The third kappa shape index (κ3) is 3.48. The molecule has 0 radical (unpaired) electrons. The minimum absolute atomic E-state index is 0.00551. The zero-order valence-electron chi connectivity index (χ0n) is 13.1. The average Bonchev–Trinajstić information content (AvgIpc) is 3.21. The van der Waals surface area contributed by atoms with Crippen molar-refractivity contribution in [2.24, 2.45) is 0 Å². The third-order valence-corrected chi connectivity index (χ3v) is 4.47. The Labute approximate surface area is 139 Å². The van der Waals surface area contributed by atoms with Crippen molar-refractivity contribution in [3.63, 3.8) is 0 Å². The van der Waals surface area contributed by atoms with E-state index in [1.807, 2.05) is 62.8 Å². The van der Waals surface area contributed by atoms with Crippen LogP contribution in [0.3, 0.4) is 0 Å². The maximum absolute atomic E-state index is 13.0. The van der Waals surface area contributed by atoms with Gasteiger partial charge in [0.15, 0.2) is 6.04 Å². The summed E-state index contributed by atoms with van der Waals surface area (Å²) in [6.45, 7) is 2.52. The summed E-state index contributed by atoms with van der Waals surface area (Å²) in [5, 5.41) is 5.27. The molecule has 2 heterocycles. The van der Waals surface area contributed by atoms with Gasteiger partial charge in [0.1, 0.15) is 0 Å². The molecule has 1 atom stereocenters. The van der Waals surface area contributed by atoms with Crippen molar-refractivity contribution in [1.29, 1.82) is 0 Å². The summed E-state index contributed by atoms with van der Waals surface area (Å²) in [6.07, 6.45) is 5.34. The molecule has 0 aliphatic carbocycles. The van der Waals surface area contributed by atoms with Crippen molar-refractivity contribution in [3.8, 4) is 0 Å². The minimum Gasteiger partial charge on any atom is -0.338 e. The highest BCUT2D eigenvalue weighted by Crippen LogP contribution is 2.21. The van der Waals surface area contributed by atoms with E-state index < -0.39 is 6.04 Å². The van der Waals surface area contributed by atoms with Crippen LogP contribution in [0, 0.1) is 6.92 Å². The molecule has 1 amide bonds. The van der Waals surface area contributed by atoms with Crippen molar-refractivity contribution >= 4 is 17.2 Å². The molecule has 2 aromatic heterocycles. The summed E-state index contributed by atoms with van der Waals surface area (Å²) in [4.78, 5) is 20.1. The number of hydrogen-bond acceptors (Lipinski definition) is 4. The first kappa shape index (κ1) is 15.4. The molecule has 5 nitrogen and oxygen atoms in total. The van der Waals surface area contributed by atoms with Crippen LogP contribution in [0.1, 0.15) is 21.5 Å². The predicted octanol–water partition coefficient (Wildman–Crippen LogP) is 2.90. The average molecular weight is 326 g/mol. The summed E-state index contributed by atoms with van der Waals surface area (Å²) in [5.74, 6) is 0.00551. The van der Waals surface area contributed by atoms with E-state index in [1.165, 1.54) is 0 Å². The first-order chi connectivity index (χ1) is 11.1. The van der Waals surface area contributed by atoms with Gasteiger partial charge in [-0.05, 0) is 18.6 Å². The predicted molar refractivity (Wildman–Crippen MR) is 90.1 cm³/mol. The normalized spacial score (nSPS) is 12.1. The van der Waals surface area contributed by atoms with Crippen molar-refractivity contribution in [2.45, 2.75) is 19.5 Å². The number of amides is 1. The molecule has 0 fully saturated rings. The van der Waals surface area contributed by atoms with Crippen LogP contribution in [0.15, 0.2) is 55.0 Å². The fourth-order valence-electron chi connectivity index (χ4n) is 2.48. The standard InChI is InChI=1S/C17H18N4OS/c1-13-18-11-15(23-13)12-20(2)17(22)16(21-10-6-9-19-21)14-7-4-3-5-8-14/h3-11,16H,12H2,1-2H3/t16-/m1/s1. The molecular formula is C17H18N4OS. The number of benzene rings is 1. The number of carbonyl (C=O) groups is 1. The van der Waals surface area contributed by atoms with Gasteiger partial charge in [0.25, 0.3) is 5.91 Å². The Morgan fingerprint density at radius 1 is 1.30 bits per heavy atom. The summed E-state index contributed by atoms with van der Waals surface area (Å²) in [6, 6.07) is 11.1. The fraction of sp³-hybridized carbons (Fsp3) is 0.235. The molecule has 23 heavy (non-hydrogen) atoms. The first-order valence-corrected chi connectivity index (χ1v) is 8.17. The lowest BCUT2D eigenvalue weighted by atomic mass is 10.1. The molecule has 0 saturated heterocycles. The highest BCUT2D eigenvalue weighted by atomic mass is 32.1. The van der Waals surface area contributed by atoms with E-state index in [-0.39, 0.29) is 5.91 Å². The Balaban J connectivity index is 1.86. The van der Waals surface area contributed by atoms with Gasteiger partial charge in [-0.15, -0.1) is 11.3 Å². The summed E-state index contributed by atoms with van der Waals surface area (Å²) >= 11 is 1.61. The molecule has 0 aliphatic rings.